The summed E-state index contributed by atoms with van der Waals surface area (Å²) >= 11 is 0. The van der Waals surface area contributed by atoms with E-state index >= 15 is 0 Å². The van der Waals surface area contributed by atoms with Crippen LogP contribution in [0.4, 0.5) is 0 Å². The molecule has 3 aromatic carbocycles. The molecule has 0 radical (unpaired) electrons. The van der Waals surface area contributed by atoms with Crippen molar-refractivity contribution in [2.24, 2.45) is 9.98 Å². The predicted octanol–water partition coefficient (Wildman–Crippen LogP) is 12.7. The molecule has 5 rings (SSSR count). The van der Waals surface area contributed by atoms with E-state index in [-0.39, 0.29) is 22.3 Å². The number of nitrogens with zero attached hydrogens (tertiary/aromatic N) is 4. The minimum atomic E-state index is -0.213. The topological polar surface area (TPSA) is 91.0 Å². The summed E-state index contributed by atoms with van der Waals surface area (Å²) in [5, 5.41) is 25.1. The number of aromatic hydroxyl groups is 2. The fraction of sp³-hybridized carbons (Fsp3) is 0.304. The zero-order valence-electron chi connectivity index (χ0n) is 33.2. The van der Waals surface area contributed by atoms with Gasteiger partial charge in [0.25, 0.3) is 0 Å². The third-order valence-electron chi connectivity index (χ3n) is 8.54. The van der Waals surface area contributed by atoms with Crippen molar-refractivity contribution >= 4 is 39.4 Å². The van der Waals surface area contributed by atoms with Crippen molar-refractivity contribution in [3.63, 3.8) is 0 Å². The average Bonchev–Trinajstić information content (AvgIpc) is 3.13. The number of benzene rings is 3. The van der Waals surface area contributed by atoms with E-state index in [0.29, 0.717) is 56.1 Å². The van der Waals surface area contributed by atoms with Crippen molar-refractivity contribution in [1.82, 2.24) is 9.97 Å². The Morgan fingerprint density at radius 2 is 1.08 bits per heavy atom. The Kier molecular flexibility index (Phi) is 13.6. The Bertz CT molecular complexity index is 2170. The maximum absolute atomic E-state index is 11.7. The highest BCUT2D eigenvalue weighted by molar-refractivity contribution is 6.12. The van der Waals surface area contributed by atoms with E-state index in [2.05, 4.69) is 64.7 Å². The molecule has 0 fully saturated rings. The molecule has 0 aliphatic heterocycles. The number of rotatable bonds is 7. The molecule has 2 aromatic heterocycles. The summed E-state index contributed by atoms with van der Waals surface area (Å²) in [7, 11) is 0. The number of hydrogen-bond acceptors (Lipinski definition) is 6. The zero-order valence-corrected chi connectivity index (χ0v) is 33.2. The molecule has 0 bridgehead atoms. The fourth-order valence-electron chi connectivity index (χ4n) is 5.75. The number of phenolic OH excluding ortho intramolecular Hbond substituents is 2. The Morgan fingerprint density at radius 1 is 0.654 bits per heavy atom. The SMILES string of the molecule is C=CN=C(C=C)c1cc(C(C)(C)C)cc(-c2ccc3ccc4ccc(-c5cc(C(C)(C)C)cc(/C(=C/C)N=CC)c5O)nc4c3n2)c1O.CC.CC. The molecule has 0 saturated heterocycles. The Labute approximate surface area is 311 Å². The number of hydrogen-bond donors (Lipinski definition) is 2. The quantitative estimate of drug-likeness (QED) is 0.131. The maximum atomic E-state index is 11.7. The van der Waals surface area contributed by atoms with Gasteiger partial charge in [0.2, 0.25) is 0 Å². The van der Waals surface area contributed by atoms with Gasteiger partial charge in [-0.25, -0.2) is 9.97 Å². The first-order valence-corrected chi connectivity index (χ1v) is 18.1. The summed E-state index contributed by atoms with van der Waals surface area (Å²) < 4.78 is 0. The highest BCUT2D eigenvalue weighted by Crippen LogP contribution is 2.42. The number of phenols is 2. The van der Waals surface area contributed by atoms with Crippen LogP contribution in [0.2, 0.25) is 0 Å². The van der Waals surface area contributed by atoms with E-state index in [1.54, 1.807) is 12.3 Å². The second-order valence-electron chi connectivity index (χ2n) is 13.9. The lowest BCUT2D eigenvalue weighted by atomic mass is 9.83. The number of allylic oxidation sites excluding steroid dienone is 2. The molecule has 6 heteroatoms. The molecule has 2 heterocycles. The number of aromatic nitrogens is 2. The summed E-state index contributed by atoms with van der Waals surface area (Å²) in [6.45, 7) is 32.2. The van der Waals surface area contributed by atoms with Crippen LogP contribution < -0.4 is 0 Å². The molecule has 272 valence electrons. The van der Waals surface area contributed by atoms with Crippen molar-refractivity contribution in [3.05, 3.63) is 114 Å². The van der Waals surface area contributed by atoms with E-state index in [1.165, 1.54) is 6.20 Å². The van der Waals surface area contributed by atoms with Crippen molar-refractivity contribution in [1.29, 1.82) is 0 Å². The summed E-state index contributed by atoms with van der Waals surface area (Å²) in [4.78, 5) is 19.2. The van der Waals surface area contributed by atoms with Gasteiger partial charge in [0, 0.05) is 45.4 Å². The van der Waals surface area contributed by atoms with Gasteiger partial charge in [0.1, 0.15) is 11.5 Å². The first-order valence-electron chi connectivity index (χ1n) is 18.1. The minimum absolute atomic E-state index is 0.0650. The minimum Gasteiger partial charge on any atom is -0.507 e. The van der Waals surface area contributed by atoms with Gasteiger partial charge in [-0.05, 0) is 78.3 Å². The van der Waals surface area contributed by atoms with Crippen LogP contribution in [0.1, 0.15) is 105 Å². The molecular formula is C46H56N4O2. The van der Waals surface area contributed by atoms with Gasteiger partial charge in [0.15, 0.2) is 0 Å². The van der Waals surface area contributed by atoms with E-state index in [9.17, 15) is 10.2 Å². The van der Waals surface area contributed by atoms with Gasteiger partial charge in [0.05, 0.1) is 33.8 Å². The van der Waals surface area contributed by atoms with Gasteiger partial charge >= 0.3 is 0 Å². The highest BCUT2D eigenvalue weighted by atomic mass is 16.3. The molecular weight excluding hydrogens is 641 g/mol. The monoisotopic (exact) mass is 696 g/mol. The van der Waals surface area contributed by atoms with Gasteiger partial charge < -0.3 is 10.2 Å². The second kappa shape index (κ2) is 17.2. The van der Waals surface area contributed by atoms with E-state index in [4.69, 9.17) is 9.97 Å². The molecule has 0 aliphatic rings. The van der Waals surface area contributed by atoms with Gasteiger partial charge in [-0.15, -0.1) is 0 Å². The van der Waals surface area contributed by atoms with Crippen LogP contribution in [0.25, 0.3) is 50.0 Å². The molecule has 0 saturated carbocycles. The predicted molar refractivity (Wildman–Crippen MR) is 226 cm³/mol. The third-order valence-corrected chi connectivity index (χ3v) is 8.54. The first kappa shape index (κ1) is 41.1. The van der Waals surface area contributed by atoms with Crippen LogP contribution >= 0.6 is 0 Å². The molecule has 0 amide bonds. The normalized spacial score (nSPS) is 12.3. The smallest absolute Gasteiger partial charge is 0.134 e. The first-order chi connectivity index (χ1) is 24.7. The molecule has 0 unspecified atom stereocenters. The number of fused-ring (bicyclic) bond motifs is 3. The molecule has 0 aliphatic carbocycles. The Morgan fingerprint density at radius 3 is 1.46 bits per heavy atom. The zero-order chi connectivity index (χ0) is 39.0. The lowest BCUT2D eigenvalue weighted by molar-refractivity contribution is 0.473. The van der Waals surface area contributed by atoms with Crippen molar-refractivity contribution < 1.29 is 10.2 Å². The van der Waals surface area contributed by atoms with Crippen LogP contribution in [0.3, 0.4) is 0 Å². The summed E-state index contributed by atoms with van der Waals surface area (Å²) in [5.41, 5.74) is 7.92. The standard InChI is InChI=1S/C42H44N4O2.2C2H6/c1-11-33(43-13-3)29-21-27(41(5,6)7)23-31(39(29)47)35-19-17-25-15-16-26-18-20-36(46-38(26)37(25)45-35)32-24-28(42(8,9)10)22-30(40(32)48)34(12-2)44-14-4;2*1-2/h11-24,47-48H,1,3H2,2,4-10H3;2*1-2H3/b34-12-,43-33?,44-14?;;. The highest BCUT2D eigenvalue weighted by Gasteiger charge is 2.24. The van der Waals surface area contributed by atoms with E-state index in [0.717, 1.165) is 21.9 Å². The average molecular weight is 697 g/mol. The Balaban J connectivity index is 0.00000176. The summed E-state index contributed by atoms with van der Waals surface area (Å²) in [5.74, 6) is 0.188. The lowest BCUT2D eigenvalue weighted by Gasteiger charge is -2.23. The number of aliphatic imine (C=N–C) groups is 2. The molecule has 0 atom stereocenters. The van der Waals surface area contributed by atoms with E-state index in [1.807, 2.05) is 108 Å². The molecule has 52 heavy (non-hydrogen) atoms. The fourth-order valence-corrected chi connectivity index (χ4v) is 5.75. The van der Waals surface area contributed by atoms with Crippen LogP contribution in [-0.4, -0.2) is 32.1 Å². The van der Waals surface area contributed by atoms with E-state index < -0.39 is 0 Å². The summed E-state index contributed by atoms with van der Waals surface area (Å²) in [6.07, 6.45) is 6.68. The summed E-state index contributed by atoms with van der Waals surface area (Å²) in [6, 6.07) is 19.9. The van der Waals surface area contributed by atoms with Gasteiger partial charge in [-0.1, -0.05) is 113 Å². The maximum Gasteiger partial charge on any atom is 0.134 e. The van der Waals surface area contributed by atoms with Gasteiger partial charge in [-0.3, -0.25) is 9.98 Å². The van der Waals surface area contributed by atoms with Crippen LogP contribution in [0.15, 0.2) is 102 Å². The van der Waals surface area contributed by atoms with Crippen LogP contribution in [0.5, 0.6) is 11.5 Å². The van der Waals surface area contributed by atoms with Crippen LogP contribution in [0, 0.1) is 0 Å². The number of pyridine rings is 2. The molecule has 2 N–H and O–H groups in total. The van der Waals surface area contributed by atoms with Crippen molar-refractivity contribution in [3.8, 4) is 34.0 Å². The van der Waals surface area contributed by atoms with Gasteiger partial charge in [-0.2, -0.15) is 0 Å². The largest absolute Gasteiger partial charge is 0.507 e. The van der Waals surface area contributed by atoms with Crippen molar-refractivity contribution in [2.45, 2.75) is 93.9 Å². The molecule has 0 spiro atoms. The molecule has 5 aromatic rings. The van der Waals surface area contributed by atoms with Crippen molar-refractivity contribution in [2.75, 3.05) is 0 Å². The second-order valence-corrected chi connectivity index (χ2v) is 13.9. The third kappa shape index (κ3) is 8.56. The molecule has 6 nitrogen and oxygen atoms in total. The lowest BCUT2D eigenvalue weighted by Crippen LogP contribution is -2.13. The Hall–Kier alpha value is -5.36. The van der Waals surface area contributed by atoms with Crippen LogP contribution in [-0.2, 0) is 10.8 Å².